The van der Waals surface area contributed by atoms with E-state index >= 15 is 0 Å². The van der Waals surface area contributed by atoms with Gasteiger partial charge in [0, 0.05) is 40.7 Å². The number of unbranched alkanes of at least 4 members (excludes halogenated alkanes) is 2. The number of hydrogen-bond acceptors (Lipinski definition) is 9. The summed E-state index contributed by atoms with van der Waals surface area (Å²) < 4.78 is 11.9. The molecule has 1 saturated heterocycles. The Hall–Kier alpha value is -4.71. The van der Waals surface area contributed by atoms with E-state index in [1.54, 1.807) is 60.7 Å². The second kappa shape index (κ2) is 18.6. The van der Waals surface area contributed by atoms with Gasteiger partial charge in [-0.15, -0.1) is 0 Å². The number of aliphatic hydroxyl groups is 2. The molecule has 11 heteroatoms. The number of halogens is 1. The number of piperidine rings is 1. The fraction of sp³-hybridized carbons (Fsp3) is 0.349. The molecule has 0 spiro atoms. The van der Waals surface area contributed by atoms with Crippen LogP contribution in [0.3, 0.4) is 0 Å². The number of aliphatic hydroxyl groups excluding tert-OH is 1. The first-order valence-corrected chi connectivity index (χ1v) is 19.0. The van der Waals surface area contributed by atoms with Crippen molar-refractivity contribution < 1.29 is 29.6 Å². The van der Waals surface area contributed by atoms with Gasteiger partial charge in [-0.05, 0) is 99.1 Å². The molecule has 0 radical (unpaired) electrons. The topological polar surface area (TPSA) is 144 Å². The van der Waals surface area contributed by atoms with Gasteiger partial charge in [0.2, 0.25) is 11.2 Å². The number of carbonyl (C=O) groups is 1. The minimum Gasteiger partial charge on any atom is -0.506 e. The highest BCUT2D eigenvalue weighted by Crippen LogP contribution is 2.37. The van der Waals surface area contributed by atoms with Crippen molar-refractivity contribution in [2.75, 3.05) is 39.4 Å². The molecule has 1 aliphatic heterocycles. The lowest BCUT2D eigenvalue weighted by atomic mass is 9.86. The molecular weight excluding hydrogens is 706 g/mol. The monoisotopic (exact) mass is 753 g/mol. The molecule has 5 aromatic rings. The zero-order chi connectivity index (χ0) is 37.9. The van der Waals surface area contributed by atoms with Crippen LogP contribution in [0.2, 0.25) is 5.02 Å². The molecule has 4 aromatic carbocycles. The maximum absolute atomic E-state index is 13.8. The largest absolute Gasteiger partial charge is 0.506 e. The number of carbonyl (C=O) groups excluding carboxylic acids is 1. The second-order valence-electron chi connectivity index (χ2n) is 13.9. The van der Waals surface area contributed by atoms with Crippen LogP contribution in [0.25, 0.3) is 10.9 Å². The summed E-state index contributed by atoms with van der Waals surface area (Å²) in [5, 5.41) is 37.2. The highest BCUT2D eigenvalue weighted by atomic mass is 35.5. The van der Waals surface area contributed by atoms with Gasteiger partial charge in [-0.1, -0.05) is 78.3 Å². The number of H-pyrrole nitrogens is 1. The number of ether oxygens (including phenoxy) is 2. The number of fused-ring (bicyclic) bond motifs is 1. The van der Waals surface area contributed by atoms with Crippen LogP contribution in [-0.4, -0.2) is 70.6 Å². The molecule has 2 atom stereocenters. The van der Waals surface area contributed by atoms with E-state index in [0.29, 0.717) is 47.5 Å². The summed E-state index contributed by atoms with van der Waals surface area (Å²) in [5.74, 6) is -0.110. The maximum Gasteiger partial charge on any atom is 0.347 e. The first-order valence-electron chi connectivity index (χ1n) is 18.6. The smallest absolute Gasteiger partial charge is 0.347 e. The average Bonchev–Trinajstić information content (AvgIpc) is 3.19. The molecule has 0 bridgehead atoms. The van der Waals surface area contributed by atoms with Gasteiger partial charge in [-0.2, -0.15) is 0 Å². The van der Waals surface area contributed by atoms with Crippen molar-refractivity contribution in [1.29, 1.82) is 0 Å². The summed E-state index contributed by atoms with van der Waals surface area (Å²) in [6, 6.07) is 30.1. The molecular formula is C43H48ClN3O7. The highest BCUT2D eigenvalue weighted by molar-refractivity contribution is 6.31. The van der Waals surface area contributed by atoms with E-state index in [0.717, 1.165) is 51.7 Å². The second-order valence-corrected chi connectivity index (χ2v) is 14.3. The van der Waals surface area contributed by atoms with Crippen LogP contribution < -0.4 is 15.6 Å². The van der Waals surface area contributed by atoms with Crippen LogP contribution in [0.1, 0.15) is 60.5 Å². The van der Waals surface area contributed by atoms with Crippen molar-refractivity contribution in [3.05, 3.63) is 141 Å². The van der Waals surface area contributed by atoms with Gasteiger partial charge >= 0.3 is 5.97 Å². The summed E-state index contributed by atoms with van der Waals surface area (Å²) >= 11 is 6.57. The number of aromatic nitrogens is 1. The predicted molar refractivity (Wildman–Crippen MR) is 210 cm³/mol. The molecule has 5 N–H and O–H groups in total. The van der Waals surface area contributed by atoms with Crippen molar-refractivity contribution in [2.24, 2.45) is 5.92 Å². The third-order valence-corrected chi connectivity index (χ3v) is 10.4. The Balaban J connectivity index is 0.979. The quantitative estimate of drug-likeness (QED) is 0.0535. The summed E-state index contributed by atoms with van der Waals surface area (Å²) in [5.41, 5.74) is 0.305. The SMILES string of the molecule is O=C(OCC1CCN(Cc2ccccc2)CC1)C(O)(c1cccc(OCCCCCNCC(O)c2ccc(O)c3[nH]c(=O)ccc23)c1)c1ccccc1Cl. The van der Waals surface area contributed by atoms with Gasteiger partial charge in [0.25, 0.3) is 0 Å². The lowest BCUT2D eigenvalue weighted by Gasteiger charge is -2.33. The Morgan fingerprint density at radius 2 is 1.72 bits per heavy atom. The Morgan fingerprint density at radius 3 is 2.52 bits per heavy atom. The number of esters is 1. The molecule has 0 aliphatic carbocycles. The maximum atomic E-state index is 13.8. The number of rotatable bonds is 17. The molecule has 1 aliphatic rings. The number of phenolic OH excluding ortho intramolecular Hbond substituents is 1. The Labute approximate surface area is 320 Å². The summed E-state index contributed by atoms with van der Waals surface area (Å²) in [6.45, 7) is 4.36. The highest BCUT2D eigenvalue weighted by Gasteiger charge is 2.44. The van der Waals surface area contributed by atoms with Crippen molar-refractivity contribution in [3.63, 3.8) is 0 Å². The van der Waals surface area contributed by atoms with Gasteiger partial charge in [0.15, 0.2) is 0 Å². The van der Waals surface area contributed by atoms with Crippen LogP contribution in [0.4, 0.5) is 0 Å². The van der Waals surface area contributed by atoms with E-state index in [1.807, 2.05) is 6.07 Å². The number of aromatic amines is 1. The Bertz CT molecular complexity index is 2050. The number of aromatic hydroxyl groups is 1. The number of benzene rings is 4. The average molecular weight is 754 g/mol. The summed E-state index contributed by atoms with van der Waals surface area (Å²) in [6.07, 6.45) is 3.46. The van der Waals surface area contributed by atoms with Crippen molar-refractivity contribution in [2.45, 2.75) is 50.4 Å². The number of pyridine rings is 1. The van der Waals surface area contributed by atoms with Crippen LogP contribution in [0.5, 0.6) is 11.5 Å². The fourth-order valence-electron chi connectivity index (χ4n) is 7.02. The van der Waals surface area contributed by atoms with Crippen LogP contribution in [0.15, 0.2) is 108 Å². The number of nitrogens with one attached hydrogen (secondary N) is 2. The number of nitrogens with zero attached hydrogens (tertiary/aromatic N) is 1. The van der Waals surface area contributed by atoms with Gasteiger partial charge in [-0.3, -0.25) is 9.69 Å². The van der Waals surface area contributed by atoms with Crippen LogP contribution in [-0.2, 0) is 21.7 Å². The Morgan fingerprint density at radius 1 is 0.944 bits per heavy atom. The van der Waals surface area contributed by atoms with Crippen LogP contribution >= 0.6 is 11.6 Å². The first-order chi connectivity index (χ1) is 26.2. The molecule has 1 fully saturated rings. The zero-order valence-corrected chi connectivity index (χ0v) is 31.0. The van der Waals surface area contributed by atoms with Crippen molar-refractivity contribution in [1.82, 2.24) is 15.2 Å². The summed E-state index contributed by atoms with van der Waals surface area (Å²) in [7, 11) is 0. The van der Waals surface area contributed by atoms with Crippen molar-refractivity contribution in [3.8, 4) is 11.5 Å². The molecule has 0 amide bonds. The van der Waals surface area contributed by atoms with E-state index < -0.39 is 17.7 Å². The number of phenols is 1. The molecule has 2 unspecified atom stereocenters. The lowest BCUT2D eigenvalue weighted by Crippen LogP contribution is -2.41. The van der Waals surface area contributed by atoms with Crippen molar-refractivity contribution >= 4 is 28.5 Å². The molecule has 1 aromatic heterocycles. The molecule has 54 heavy (non-hydrogen) atoms. The van der Waals surface area contributed by atoms with Gasteiger partial charge in [0.05, 0.1) is 24.8 Å². The van der Waals surface area contributed by atoms with E-state index in [4.69, 9.17) is 21.1 Å². The molecule has 2 heterocycles. The molecule has 284 valence electrons. The van der Waals surface area contributed by atoms with Gasteiger partial charge < -0.3 is 35.1 Å². The normalized spacial score (nSPS) is 15.5. The van der Waals surface area contributed by atoms with E-state index in [-0.39, 0.29) is 34.4 Å². The minimum absolute atomic E-state index is 0.0452. The first kappa shape index (κ1) is 39.0. The van der Waals surface area contributed by atoms with E-state index in [9.17, 15) is 24.9 Å². The number of likely N-dealkylation sites (tertiary alicyclic amines) is 1. The minimum atomic E-state index is -2.13. The predicted octanol–water partition coefficient (Wildman–Crippen LogP) is 6.45. The number of hydrogen-bond donors (Lipinski definition) is 5. The van der Waals surface area contributed by atoms with E-state index in [1.165, 1.54) is 17.7 Å². The summed E-state index contributed by atoms with van der Waals surface area (Å²) in [4.78, 5) is 30.6. The lowest BCUT2D eigenvalue weighted by molar-refractivity contribution is -0.164. The van der Waals surface area contributed by atoms with E-state index in [2.05, 4.69) is 39.5 Å². The standard InChI is InChI=1S/C43H48ClN3O7/c44-37-15-6-5-14-36(37)43(52,42(51)54-29-31-20-23-47(24-21-31)28-30-10-3-1-4-11-30)32-12-9-13-33(26-32)53-25-8-2-7-22-45-27-39(49)34-16-18-38(48)41-35(34)17-19-40(50)46-41/h1,3-6,9-19,26,31,39,45,48-49,52H,2,7-8,20-25,27-29H2,(H,46,50). The van der Waals surface area contributed by atoms with Gasteiger partial charge in [0.1, 0.15) is 11.5 Å². The third-order valence-electron chi connectivity index (χ3n) is 10.1. The molecule has 10 nitrogen and oxygen atoms in total. The van der Waals surface area contributed by atoms with Gasteiger partial charge in [-0.25, -0.2) is 4.79 Å². The Kier molecular flexibility index (Phi) is 13.4. The zero-order valence-electron chi connectivity index (χ0n) is 30.3. The molecule has 6 rings (SSSR count). The molecule has 0 saturated carbocycles. The fourth-order valence-corrected chi connectivity index (χ4v) is 7.29. The third kappa shape index (κ3) is 9.68. The van der Waals surface area contributed by atoms with Crippen LogP contribution in [0, 0.1) is 5.92 Å².